The van der Waals surface area contributed by atoms with Gasteiger partial charge in [0.15, 0.2) is 11.6 Å². The topological polar surface area (TPSA) is 38.3 Å². The molecule has 0 aliphatic heterocycles. The van der Waals surface area contributed by atoms with Gasteiger partial charge in [-0.3, -0.25) is 4.79 Å². The average molecular weight is 315 g/mol. The van der Waals surface area contributed by atoms with E-state index in [4.69, 9.17) is 4.74 Å². The van der Waals surface area contributed by atoms with Crippen LogP contribution in [0.1, 0.15) is 45.6 Å². The number of methoxy groups -OCH3 is 1. The first-order valence-electron chi connectivity index (χ1n) is 7.55. The van der Waals surface area contributed by atoms with Crippen LogP contribution >= 0.6 is 0 Å². The molecule has 0 fully saturated rings. The minimum absolute atomic E-state index is 0.125. The number of amides is 1. The molecule has 0 radical (unpaired) electrons. The lowest BCUT2D eigenvalue weighted by molar-refractivity contribution is 0.0939. The Kier molecular flexibility index (Phi) is 5.04. The van der Waals surface area contributed by atoms with Crippen molar-refractivity contribution in [2.75, 3.05) is 7.11 Å². The highest BCUT2D eigenvalue weighted by Gasteiger charge is 2.15. The fourth-order valence-electron chi connectivity index (χ4n) is 2.61. The third-order valence-electron chi connectivity index (χ3n) is 4.11. The Labute approximate surface area is 136 Å². The molecule has 0 aromatic heterocycles. The lowest BCUT2D eigenvalue weighted by Crippen LogP contribution is -2.27. The van der Waals surface area contributed by atoms with E-state index < -0.39 is 5.82 Å². The Hall–Kier alpha value is -2.36. The fourth-order valence-corrected chi connectivity index (χ4v) is 2.61. The van der Waals surface area contributed by atoms with Crippen LogP contribution in [0.2, 0.25) is 0 Å². The van der Waals surface area contributed by atoms with Crippen molar-refractivity contribution in [1.29, 1.82) is 0 Å². The predicted octanol–water partition coefficient (Wildman–Crippen LogP) is 4.25. The number of hydrogen-bond acceptors (Lipinski definition) is 2. The maximum Gasteiger partial charge on any atom is 0.251 e. The number of carbonyl (C=O) groups excluding carboxylic acids is 1. The lowest BCUT2D eigenvalue weighted by atomic mass is 9.96. The first-order valence-corrected chi connectivity index (χ1v) is 7.55. The summed E-state index contributed by atoms with van der Waals surface area (Å²) in [5.74, 6) is -0.730. The van der Waals surface area contributed by atoms with Crippen molar-refractivity contribution in [3.8, 4) is 5.75 Å². The van der Waals surface area contributed by atoms with Gasteiger partial charge in [-0.25, -0.2) is 4.39 Å². The van der Waals surface area contributed by atoms with Crippen LogP contribution in [0.25, 0.3) is 0 Å². The molecule has 2 rings (SSSR count). The van der Waals surface area contributed by atoms with E-state index in [0.717, 1.165) is 11.1 Å². The smallest absolute Gasteiger partial charge is 0.251 e. The molecular weight excluding hydrogens is 293 g/mol. The van der Waals surface area contributed by atoms with Crippen LogP contribution in [0.15, 0.2) is 30.3 Å². The lowest BCUT2D eigenvalue weighted by Gasteiger charge is -2.18. The molecule has 0 spiro atoms. The maximum absolute atomic E-state index is 13.7. The summed E-state index contributed by atoms with van der Waals surface area (Å²) in [5.41, 5.74) is 4.87. The monoisotopic (exact) mass is 315 g/mol. The molecule has 0 bridgehead atoms. The first-order chi connectivity index (χ1) is 10.8. The highest BCUT2D eigenvalue weighted by Crippen LogP contribution is 2.23. The van der Waals surface area contributed by atoms with Crippen molar-refractivity contribution in [2.24, 2.45) is 0 Å². The van der Waals surface area contributed by atoms with Gasteiger partial charge in [0.1, 0.15) is 0 Å². The minimum Gasteiger partial charge on any atom is -0.494 e. The average Bonchev–Trinajstić information content (AvgIpc) is 2.50. The summed E-state index contributed by atoms with van der Waals surface area (Å²) < 4.78 is 18.6. The normalized spacial score (nSPS) is 11.9. The van der Waals surface area contributed by atoms with Crippen LogP contribution in [-0.2, 0) is 0 Å². The van der Waals surface area contributed by atoms with Crippen LogP contribution in [0.4, 0.5) is 4.39 Å². The van der Waals surface area contributed by atoms with Gasteiger partial charge < -0.3 is 10.1 Å². The number of nitrogens with one attached hydrogen (secondary N) is 1. The molecule has 4 heteroatoms. The van der Waals surface area contributed by atoms with E-state index in [1.54, 1.807) is 6.07 Å². The van der Waals surface area contributed by atoms with E-state index >= 15 is 0 Å². The highest BCUT2D eigenvalue weighted by atomic mass is 19.1. The van der Waals surface area contributed by atoms with E-state index in [1.807, 2.05) is 20.8 Å². The van der Waals surface area contributed by atoms with Crippen molar-refractivity contribution in [3.63, 3.8) is 0 Å². The van der Waals surface area contributed by atoms with Crippen LogP contribution in [0, 0.1) is 26.6 Å². The molecule has 0 unspecified atom stereocenters. The Morgan fingerprint density at radius 3 is 2.35 bits per heavy atom. The molecule has 0 heterocycles. The third kappa shape index (κ3) is 3.70. The fraction of sp³-hybridized carbons (Fsp3) is 0.316. The van der Waals surface area contributed by atoms with E-state index in [9.17, 15) is 9.18 Å². The largest absolute Gasteiger partial charge is 0.494 e. The number of rotatable bonds is 4. The predicted molar refractivity (Wildman–Crippen MR) is 89.5 cm³/mol. The first kappa shape index (κ1) is 17.0. The summed E-state index contributed by atoms with van der Waals surface area (Å²) in [7, 11) is 1.39. The molecule has 2 aromatic carbocycles. The number of ether oxygens (including phenoxy) is 1. The summed E-state index contributed by atoms with van der Waals surface area (Å²) in [5, 5.41) is 2.92. The summed E-state index contributed by atoms with van der Waals surface area (Å²) in [6.07, 6.45) is 0. The molecule has 3 nitrogen and oxygen atoms in total. The number of aryl methyl sites for hydroxylation is 3. The molecule has 23 heavy (non-hydrogen) atoms. The summed E-state index contributed by atoms with van der Waals surface area (Å²) >= 11 is 0. The molecular formula is C19H22FNO2. The maximum atomic E-state index is 13.7. The number of hydrogen-bond donors (Lipinski definition) is 1. The van der Waals surface area contributed by atoms with Crippen molar-refractivity contribution in [1.82, 2.24) is 5.32 Å². The number of carbonyl (C=O) groups is 1. The third-order valence-corrected chi connectivity index (χ3v) is 4.11. The van der Waals surface area contributed by atoms with Crippen LogP contribution in [0.5, 0.6) is 5.75 Å². The summed E-state index contributed by atoms with van der Waals surface area (Å²) in [4.78, 5) is 12.3. The second kappa shape index (κ2) is 6.82. The van der Waals surface area contributed by atoms with E-state index in [1.165, 1.54) is 30.4 Å². The van der Waals surface area contributed by atoms with Crippen molar-refractivity contribution >= 4 is 5.91 Å². The van der Waals surface area contributed by atoms with Crippen molar-refractivity contribution in [3.05, 3.63) is 64.0 Å². The molecule has 0 saturated heterocycles. The zero-order valence-corrected chi connectivity index (χ0v) is 14.2. The van der Waals surface area contributed by atoms with Gasteiger partial charge in [0.05, 0.1) is 13.2 Å². The number of benzene rings is 2. The number of halogens is 1. The zero-order valence-electron chi connectivity index (χ0n) is 14.2. The van der Waals surface area contributed by atoms with Gasteiger partial charge in [-0.2, -0.15) is 0 Å². The van der Waals surface area contributed by atoms with Crippen LogP contribution < -0.4 is 10.1 Å². The Balaban J connectivity index is 2.20. The Bertz CT molecular complexity index is 740. The van der Waals surface area contributed by atoms with E-state index in [2.05, 4.69) is 24.4 Å². The zero-order chi connectivity index (χ0) is 17.1. The van der Waals surface area contributed by atoms with Gasteiger partial charge >= 0.3 is 0 Å². The van der Waals surface area contributed by atoms with Gasteiger partial charge in [-0.15, -0.1) is 0 Å². The van der Waals surface area contributed by atoms with Crippen molar-refractivity contribution < 1.29 is 13.9 Å². The Morgan fingerprint density at radius 2 is 1.74 bits per heavy atom. The van der Waals surface area contributed by atoms with E-state index in [-0.39, 0.29) is 23.3 Å². The molecule has 2 aromatic rings. The second-order valence-corrected chi connectivity index (χ2v) is 5.84. The quantitative estimate of drug-likeness (QED) is 0.916. The van der Waals surface area contributed by atoms with Crippen molar-refractivity contribution in [2.45, 2.75) is 33.7 Å². The highest BCUT2D eigenvalue weighted by molar-refractivity contribution is 5.94. The SMILES string of the molecule is COc1ccc(C(=O)N[C@@H](C)c2cc(C)c(C)cc2C)cc1F. The summed E-state index contributed by atoms with van der Waals surface area (Å²) in [6.45, 7) is 8.06. The molecule has 1 N–H and O–H groups in total. The summed E-state index contributed by atoms with van der Waals surface area (Å²) in [6, 6.07) is 8.23. The van der Waals surface area contributed by atoms with Gasteiger partial charge in [0.2, 0.25) is 0 Å². The molecule has 122 valence electrons. The molecule has 1 amide bonds. The Morgan fingerprint density at radius 1 is 1.09 bits per heavy atom. The molecule has 0 aliphatic rings. The standard InChI is InChI=1S/C19H22FNO2/c1-11-8-13(3)16(9-12(11)2)14(4)21-19(22)15-6-7-18(23-5)17(20)10-15/h6-10,14H,1-5H3,(H,21,22)/t14-/m0/s1. The molecule has 0 saturated carbocycles. The van der Waals surface area contributed by atoms with Gasteiger partial charge in [-0.1, -0.05) is 12.1 Å². The van der Waals surface area contributed by atoms with Gasteiger partial charge in [0, 0.05) is 5.56 Å². The second-order valence-electron chi connectivity index (χ2n) is 5.84. The molecule has 0 aliphatic carbocycles. The van der Waals surface area contributed by atoms with Gasteiger partial charge in [-0.05, 0) is 68.1 Å². The van der Waals surface area contributed by atoms with Gasteiger partial charge in [0.25, 0.3) is 5.91 Å². The molecule has 1 atom stereocenters. The van der Waals surface area contributed by atoms with E-state index in [0.29, 0.717) is 0 Å². The van der Waals surface area contributed by atoms with Crippen LogP contribution in [-0.4, -0.2) is 13.0 Å². The minimum atomic E-state index is -0.546. The van der Waals surface area contributed by atoms with Crippen LogP contribution in [0.3, 0.4) is 0 Å².